The highest BCUT2D eigenvalue weighted by atomic mass is 32.2. The predicted octanol–water partition coefficient (Wildman–Crippen LogP) is 2.67. The Morgan fingerprint density at radius 2 is 1.65 bits per heavy atom. The summed E-state index contributed by atoms with van der Waals surface area (Å²) in [6, 6.07) is 13.6. The first-order valence-corrected chi connectivity index (χ1v) is 9.09. The molecule has 0 aromatic heterocycles. The molecule has 0 saturated heterocycles. The Kier molecular flexibility index (Phi) is 5.39. The molecule has 0 fully saturated rings. The van der Waals surface area contributed by atoms with Crippen LogP contribution in [0.15, 0.2) is 53.4 Å². The highest BCUT2D eigenvalue weighted by Gasteiger charge is 2.08. The van der Waals surface area contributed by atoms with Gasteiger partial charge in [0, 0.05) is 11.9 Å². The Morgan fingerprint density at radius 3 is 2.17 bits per heavy atom. The van der Waals surface area contributed by atoms with Gasteiger partial charge in [-0.05, 0) is 48.4 Å². The summed E-state index contributed by atoms with van der Waals surface area (Å²) in [6.45, 7) is 1.96. The molecule has 0 unspecified atom stereocenters. The maximum absolute atomic E-state index is 11.8. The van der Waals surface area contributed by atoms with Gasteiger partial charge in [0.05, 0.1) is 4.90 Å². The standard InChI is InChI=1S/C17H19NO4S/c1-3-13-4-8-15(9-5-13)22-12-17(19)18-14-6-10-16(11-7-14)23(2,20)21/h4-11H,3,12H2,1-2H3,(H,18,19). The van der Waals surface area contributed by atoms with E-state index in [-0.39, 0.29) is 17.4 Å². The first-order valence-electron chi connectivity index (χ1n) is 7.20. The number of sulfone groups is 1. The van der Waals surface area contributed by atoms with Gasteiger partial charge in [-0.1, -0.05) is 19.1 Å². The molecule has 0 atom stereocenters. The molecule has 2 aromatic carbocycles. The van der Waals surface area contributed by atoms with Gasteiger partial charge in [-0.3, -0.25) is 4.79 Å². The zero-order valence-electron chi connectivity index (χ0n) is 13.1. The fraction of sp³-hybridized carbons (Fsp3) is 0.235. The summed E-state index contributed by atoms with van der Waals surface area (Å²) in [5.74, 6) is 0.321. The van der Waals surface area contributed by atoms with Crippen molar-refractivity contribution in [3.05, 3.63) is 54.1 Å². The average Bonchev–Trinajstić information content (AvgIpc) is 2.53. The van der Waals surface area contributed by atoms with Crippen LogP contribution in [0, 0.1) is 0 Å². The molecule has 6 heteroatoms. The van der Waals surface area contributed by atoms with Crippen LogP contribution in [0.5, 0.6) is 5.75 Å². The number of hydrogen-bond donors (Lipinski definition) is 1. The van der Waals surface area contributed by atoms with Crippen molar-refractivity contribution in [3.8, 4) is 5.75 Å². The van der Waals surface area contributed by atoms with Gasteiger partial charge in [0.15, 0.2) is 16.4 Å². The summed E-state index contributed by atoms with van der Waals surface area (Å²) in [5, 5.41) is 2.65. The number of rotatable bonds is 6. The van der Waals surface area contributed by atoms with Crippen molar-refractivity contribution in [1.82, 2.24) is 0 Å². The molecule has 1 N–H and O–H groups in total. The van der Waals surface area contributed by atoms with Gasteiger partial charge < -0.3 is 10.1 Å². The van der Waals surface area contributed by atoms with E-state index in [1.807, 2.05) is 24.3 Å². The first-order chi connectivity index (χ1) is 10.9. The van der Waals surface area contributed by atoms with Gasteiger partial charge in [0.25, 0.3) is 5.91 Å². The lowest BCUT2D eigenvalue weighted by Gasteiger charge is -2.08. The van der Waals surface area contributed by atoms with Crippen molar-refractivity contribution in [2.24, 2.45) is 0 Å². The van der Waals surface area contributed by atoms with E-state index in [1.165, 1.54) is 17.7 Å². The SMILES string of the molecule is CCc1ccc(OCC(=O)Nc2ccc(S(C)(=O)=O)cc2)cc1. The maximum Gasteiger partial charge on any atom is 0.262 e. The number of carbonyl (C=O) groups excluding carboxylic acids is 1. The number of benzene rings is 2. The Labute approximate surface area is 136 Å². The van der Waals surface area contributed by atoms with Crippen LogP contribution in [0.2, 0.25) is 0 Å². The van der Waals surface area contributed by atoms with Crippen molar-refractivity contribution in [1.29, 1.82) is 0 Å². The molecule has 0 aliphatic carbocycles. The molecule has 0 heterocycles. The minimum absolute atomic E-state index is 0.112. The summed E-state index contributed by atoms with van der Waals surface area (Å²) in [6.07, 6.45) is 2.09. The normalized spacial score (nSPS) is 11.0. The molecule has 1 amide bonds. The quantitative estimate of drug-likeness (QED) is 0.882. The van der Waals surface area contributed by atoms with Gasteiger partial charge in [-0.2, -0.15) is 0 Å². The average molecular weight is 333 g/mol. The van der Waals surface area contributed by atoms with Crippen LogP contribution >= 0.6 is 0 Å². The lowest BCUT2D eigenvalue weighted by Crippen LogP contribution is -2.20. The van der Waals surface area contributed by atoms with Crippen LogP contribution in [0.4, 0.5) is 5.69 Å². The summed E-state index contributed by atoms with van der Waals surface area (Å²) in [7, 11) is -3.24. The van der Waals surface area contributed by atoms with Crippen molar-refractivity contribution >= 4 is 21.4 Å². The fourth-order valence-corrected chi connectivity index (χ4v) is 2.58. The second kappa shape index (κ2) is 7.28. The zero-order chi connectivity index (χ0) is 16.9. The topological polar surface area (TPSA) is 72.5 Å². The summed E-state index contributed by atoms with van der Waals surface area (Å²) < 4.78 is 28.1. The lowest BCUT2D eigenvalue weighted by atomic mass is 10.2. The van der Waals surface area contributed by atoms with Crippen molar-refractivity contribution in [2.45, 2.75) is 18.2 Å². The van der Waals surface area contributed by atoms with Gasteiger partial charge in [-0.25, -0.2) is 8.42 Å². The number of hydrogen-bond acceptors (Lipinski definition) is 4. The number of nitrogens with one attached hydrogen (secondary N) is 1. The van der Waals surface area contributed by atoms with Gasteiger partial charge in [0.2, 0.25) is 0 Å². The van der Waals surface area contributed by atoms with Crippen LogP contribution in [-0.4, -0.2) is 27.2 Å². The highest BCUT2D eigenvalue weighted by molar-refractivity contribution is 7.90. The Bertz CT molecular complexity index is 765. The number of amides is 1. The summed E-state index contributed by atoms with van der Waals surface area (Å²) >= 11 is 0. The van der Waals surface area contributed by atoms with Gasteiger partial charge in [-0.15, -0.1) is 0 Å². The van der Waals surface area contributed by atoms with E-state index in [0.29, 0.717) is 11.4 Å². The van der Waals surface area contributed by atoms with Crippen LogP contribution in [-0.2, 0) is 21.1 Å². The van der Waals surface area contributed by atoms with Crippen LogP contribution in [0.3, 0.4) is 0 Å². The molecule has 0 saturated carbocycles. The van der Waals surface area contributed by atoms with Crippen molar-refractivity contribution in [2.75, 3.05) is 18.2 Å². The summed E-state index contributed by atoms with van der Waals surface area (Å²) in [5.41, 5.74) is 1.72. The van der Waals surface area contributed by atoms with E-state index in [2.05, 4.69) is 12.2 Å². The van der Waals surface area contributed by atoms with E-state index in [0.717, 1.165) is 12.7 Å². The Hall–Kier alpha value is -2.34. The largest absolute Gasteiger partial charge is 0.484 e. The monoisotopic (exact) mass is 333 g/mol. The lowest BCUT2D eigenvalue weighted by molar-refractivity contribution is -0.118. The molecule has 2 rings (SSSR count). The highest BCUT2D eigenvalue weighted by Crippen LogP contribution is 2.15. The van der Waals surface area contributed by atoms with Crippen molar-refractivity contribution in [3.63, 3.8) is 0 Å². The summed E-state index contributed by atoms with van der Waals surface area (Å²) in [4.78, 5) is 12.0. The molecule has 0 bridgehead atoms. The molecule has 122 valence electrons. The maximum atomic E-state index is 11.8. The molecule has 5 nitrogen and oxygen atoms in total. The number of anilines is 1. The first kappa shape index (κ1) is 17.0. The minimum atomic E-state index is -3.24. The van der Waals surface area contributed by atoms with E-state index < -0.39 is 9.84 Å². The third-order valence-electron chi connectivity index (χ3n) is 3.27. The third-order valence-corrected chi connectivity index (χ3v) is 4.40. The molecule has 0 radical (unpaired) electrons. The number of carbonyl (C=O) groups is 1. The minimum Gasteiger partial charge on any atom is -0.484 e. The second-order valence-corrected chi connectivity index (χ2v) is 7.15. The van der Waals surface area contributed by atoms with Crippen LogP contribution in [0.1, 0.15) is 12.5 Å². The van der Waals surface area contributed by atoms with E-state index in [9.17, 15) is 13.2 Å². The third kappa shape index (κ3) is 5.10. The molecule has 0 aliphatic heterocycles. The van der Waals surface area contributed by atoms with Gasteiger partial charge in [0.1, 0.15) is 5.75 Å². The molecule has 0 spiro atoms. The van der Waals surface area contributed by atoms with Crippen LogP contribution < -0.4 is 10.1 Å². The molecule has 2 aromatic rings. The molecular weight excluding hydrogens is 314 g/mol. The smallest absolute Gasteiger partial charge is 0.262 e. The molecule has 23 heavy (non-hydrogen) atoms. The number of ether oxygens (including phenoxy) is 1. The van der Waals surface area contributed by atoms with Crippen LogP contribution in [0.25, 0.3) is 0 Å². The van der Waals surface area contributed by atoms with Crippen molar-refractivity contribution < 1.29 is 17.9 Å². The van der Waals surface area contributed by atoms with E-state index in [1.54, 1.807) is 12.1 Å². The van der Waals surface area contributed by atoms with E-state index in [4.69, 9.17) is 4.74 Å². The van der Waals surface area contributed by atoms with E-state index >= 15 is 0 Å². The zero-order valence-corrected chi connectivity index (χ0v) is 13.9. The Morgan fingerprint density at radius 1 is 1.04 bits per heavy atom. The molecule has 0 aliphatic rings. The molecular formula is C17H19NO4S. The van der Waals surface area contributed by atoms with Gasteiger partial charge >= 0.3 is 0 Å². The Balaban J connectivity index is 1.89. The second-order valence-electron chi connectivity index (χ2n) is 5.13. The number of aryl methyl sites for hydroxylation is 1. The predicted molar refractivity (Wildman–Crippen MR) is 89.5 cm³/mol. The fourth-order valence-electron chi connectivity index (χ4n) is 1.95.